The second-order valence-corrected chi connectivity index (χ2v) is 6.09. The van der Waals surface area contributed by atoms with E-state index < -0.39 is 0 Å². The molecule has 1 fully saturated rings. The number of anilines is 2. The zero-order valence-electron chi connectivity index (χ0n) is 12.9. The summed E-state index contributed by atoms with van der Waals surface area (Å²) in [7, 11) is 0. The topological polar surface area (TPSA) is 67.6 Å². The molecule has 0 aromatic heterocycles. The fraction of sp³-hybridized carbons (Fsp3) is 0.562. The molecular formula is C16H25N3O2. The Hall–Kier alpha value is -1.59. The van der Waals surface area contributed by atoms with E-state index in [1.807, 2.05) is 18.2 Å². The van der Waals surface area contributed by atoms with E-state index in [4.69, 9.17) is 10.5 Å². The van der Waals surface area contributed by atoms with Gasteiger partial charge in [-0.2, -0.15) is 0 Å². The van der Waals surface area contributed by atoms with E-state index in [9.17, 15) is 4.79 Å². The number of para-hydroxylation sites is 2. The lowest BCUT2D eigenvalue weighted by molar-refractivity contribution is -0.116. The van der Waals surface area contributed by atoms with Gasteiger partial charge in [0.05, 0.1) is 24.6 Å². The summed E-state index contributed by atoms with van der Waals surface area (Å²) in [4.78, 5) is 14.3. The monoisotopic (exact) mass is 291 g/mol. The number of nitrogens with one attached hydrogen (secondary N) is 1. The molecule has 1 aromatic rings. The first-order valence-corrected chi connectivity index (χ1v) is 7.46. The van der Waals surface area contributed by atoms with E-state index in [1.54, 1.807) is 6.07 Å². The number of rotatable bonds is 5. The normalized spacial score (nSPS) is 18.4. The predicted molar refractivity (Wildman–Crippen MR) is 85.2 cm³/mol. The van der Waals surface area contributed by atoms with Crippen molar-refractivity contribution in [2.24, 2.45) is 0 Å². The van der Waals surface area contributed by atoms with Crippen molar-refractivity contribution >= 4 is 17.3 Å². The first-order valence-electron chi connectivity index (χ1n) is 7.46. The SMILES string of the molecule is CC1(C)COCCN1CCCC(=O)Nc1ccccc1N. The minimum Gasteiger partial charge on any atom is -0.397 e. The lowest BCUT2D eigenvalue weighted by Gasteiger charge is -2.42. The van der Waals surface area contributed by atoms with Gasteiger partial charge in [0.25, 0.3) is 0 Å². The standard InChI is InChI=1S/C16H25N3O2/c1-16(2)12-21-11-10-19(16)9-5-8-15(20)18-14-7-4-3-6-13(14)17/h3-4,6-7H,5,8-12,17H2,1-2H3,(H,18,20). The van der Waals surface area contributed by atoms with Gasteiger partial charge in [0.15, 0.2) is 0 Å². The van der Waals surface area contributed by atoms with E-state index in [0.717, 1.165) is 32.7 Å². The maximum absolute atomic E-state index is 12.0. The van der Waals surface area contributed by atoms with Gasteiger partial charge in [-0.25, -0.2) is 0 Å². The molecule has 0 aliphatic carbocycles. The average Bonchev–Trinajstić information content (AvgIpc) is 2.43. The molecule has 5 heteroatoms. The molecule has 116 valence electrons. The highest BCUT2D eigenvalue weighted by Gasteiger charge is 2.29. The maximum atomic E-state index is 12.0. The largest absolute Gasteiger partial charge is 0.397 e. The predicted octanol–water partition coefficient (Wildman–Crippen LogP) is 2.10. The molecule has 1 aromatic carbocycles. The fourth-order valence-corrected chi connectivity index (χ4v) is 2.56. The average molecular weight is 291 g/mol. The van der Waals surface area contributed by atoms with Crippen molar-refractivity contribution < 1.29 is 9.53 Å². The molecule has 1 aliphatic rings. The number of ether oxygens (including phenoxy) is 1. The molecule has 0 spiro atoms. The highest BCUT2D eigenvalue weighted by atomic mass is 16.5. The van der Waals surface area contributed by atoms with Crippen LogP contribution in [-0.2, 0) is 9.53 Å². The second-order valence-electron chi connectivity index (χ2n) is 6.09. The third-order valence-corrected chi connectivity index (χ3v) is 3.88. The molecule has 0 atom stereocenters. The van der Waals surface area contributed by atoms with Crippen LogP contribution in [0.5, 0.6) is 0 Å². The number of nitrogens with two attached hydrogens (primary N) is 1. The second kappa shape index (κ2) is 6.91. The van der Waals surface area contributed by atoms with Gasteiger partial charge in [0, 0.05) is 18.5 Å². The van der Waals surface area contributed by atoms with Crippen molar-refractivity contribution in [3.63, 3.8) is 0 Å². The summed E-state index contributed by atoms with van der Waals surface area (Å²) < 4.78 is 5.50. The maximum Gasteiger partial charge on any atom is 0.224 e. The molecule has 3 N–H and O–H groups in total. The summed E-state index contributed by atoms with van der Waals surface area (Å²) >= 11 is 0. The molecule has 0 saturated carbocycles. The molecule has 0 unspecified atom stereocenters. The van der Waals surface area contributed by atoms with E-state index in [-0.39, 0.29) is 11.4 Å². The third kappa shape index (κ3) is 4.44. The molecule has 21 heavy (non-hydrogen) atoms. The number of hydrogen-bond donors (Lipinski definition) is 2. The minimum absolute atomic E-state index is 0.0129. The quantitative estimate of drug-likeness (QED) is 0.815. The third-order valence-electron chi connectivity index (χ3n) is 3.88. The Kier molecular flexibility index (Phi) is 5.20. The molecule has 1 aliphatic heterocycles. The number of carbonyl (C=O) groups is 1. The molecule has 2 rings (SSSR count). The number of benzene rings is 1. The first-order chi connectivity index (χ1) is 9.99. The molecule has 5 nitrogen and oxygen atoms in total. The number of amides is 1. The van der Waals surface area contributed by atoms with Crippen LogP contribution in [0.15, 0.2) is 24.3 Å². The number of carbonyl (C=O) groups excluding carboxylic acids is 1. The van der Waals surface area contributed by atoms with Crippen LogP contribution in [0.4, 0.5) is 11.4 Å². The summed E-state index contributed by atoms with van der Waals surface area (Å²) in [5.74, 6) is 0.0129. The van der Waals surface area contributed by atoms with Crippen molar-refractivity contribution in [1.82, 2.24) is 4.90 Å². The van der Waals surface area contributed by atoms with Crippen molar-refractivity contribution in [2.45, 2.75) is 32.2 Å². The van der Waals surface area contributed by atoms with Crippen molar-refractivity contribution in [2.75, 3.05) is 37.4 Å². The smallest absolute Gasteiger partial charge is 0.224 e. The van der Waals surface area contributed by atoms with Crippen LogP contribution in [0.2, 0.25) is 0 Å². The molecule has 1 amide bonds. The van der Waals surface area contributed by atoms with Crippen LogP contribution >= 0.6 is 0 Å². The molecule has 1 saturated heterocycles. The minimum atomic E-state index is 0.0129. The Bertz CT molecular complexity index is 488. The number of morpholine rings is 1. The molecule has 1 heterocycles. The molecular weight excluding hydrogens is 266 g/mol. The summed E-state index contributed by atoms with van der Waals surface area (Å²) in [6.07, 6.45) is 1.34. The Morgan fingerprint density at radius 3 is 2.90 bits per heavy atom. The van der Waals surface area contributed by atoms with Crippen LogP contribution in [0.25, 0.3) is 0 Å². The Morgan fingerprint density at radius 2 is 2.19 bits per heavy atom. The highest BCUT2D eigenvalue weighted by Crippen LogP contribution is 2.20. The van der Waals surface area contributed by atoms with Gasteiger partial charge in [-0.15, -0.1) is 0 Å². The number of nitrogens with zero attached hydrogens (tertiary/aromatic N) is 1. The van der Waals surface area contributed by atoms with E-state index >= 15 is 0 Å². The van der Waals surface area contributed by atoms with Crippen LogP contribution in [0, 0.1) is 0 Å². The first kappa shape index (κ1) is 15.8. The summed E-state index contributed by atoms with van der Waals surface area (Å²) in [5, 5.41) is 2.86. The van der Waals surface area contributed by atoms with Gasteiger partial charge in [-0.05, 0) is 38.9 Å². The highest BCUT2D eigenvalue weighted by molar-refractivity contribution is 5.93. The zero-order chi connectivity index (χ0) is 15.3. The van der Waals surface area contributed by atoms with Gasteiger partial charge in [-0.1, -0.05) is 12.1 Å². The van der Waals surface area contributed by atoms with E-state index in [0.29, 0.717) is 17.8 Å². The number of nitrogen functional groups attached to an aromatic ring is 1. The Balaban J connectivity index is 1.76. The van der Waals surface area contributed by atoms with E-state index in [1.165, 1.54) is 0 Å². The zero-order valence-corrected chi connectivity index (χ0v) is 12.9. The van der Waals surface area contributed by atoms with Crippen LogP contribution < -0.4 is 11.1 Å². The van der Waals surface area contributed by atoms with Crippen LogP contribution in [0.3, 0.4) is 0 Å². The summed E-state index contributed by atoms with van der Waals surface area (Å²) in [5.41, 5.74) is 7.15. The van der Waals surface area contributed by atoms with Gasteiger partial charge >= 0.3 is 0 Å². The van der Waals surface area contributed by atoms with Crippen LogP contribution in [0.1, 0.15) is 26.7 Å². The van der Waals surface area contributed by atoms with Crippen molar-refractivity contribution in [1.29, 1.82) is 0 Å². The van der Waals surface area contributed by atoms with Crippen molar-refractivity contribution in [3.8, 4) is 0 Å². The van der Waals surface area contributed by atoms with E-state index in [2.05, 4.69) is 24.1 Å². The molecule has 0 radical (unpaired) electrons. The van der Waals surface area contributed by atoms with Crippen molar-refractivity contribution in [3.05, 3.63) is 24.3 Å². The Morgan fingerprint density at radius 1 is 1.43 bits per heavy atom. The van der Waals surface area contributed by atoms with Gasteiger partial charge < -0.3 is 15.8 Å². The summed E-state index contributed by atoms with van der Waals surface area (Å²) in [6, 6.07) is 7.32. The van der Waals surface area contributed by atoms with Gasteiger partial charge in [0.1, 0.15) is 0 Å². The summed E-state index contributed by atoms with van der Waals surface area (Å²) in [6.45, 7) is 7.72. The fourth-order valence-electron chi connectivity index (χ4n) is 2.56. The number of hydrogen-bond acceptors (Lipinski definition) is 4. The lowest BCUT2D eigenvalue weighted by atomic mass is 10.0. The van der Waals surface area contributed by atoms with Gasteiger partial charge in [0.2, 0.25) is 5.91 Å². The lowest BCUT2D eigenvalue weighted by Crippen LogP contribution is -2.53. The Labute approximate surface area is 126 Å². The molecule has 0 bridgehead atoms. The van der Waals surface area contributed by atoms with Gasteiger partial charge in [-0.3, -0.25) is 9.69 Å². The van der Waals surface area contributed by atoms with Crippen LogP contribution in [-0.4, -0.2) is 42.6 Å².